The van der Waals surface area contributed by atoms with Crippen LogP contribution in [0.3, 0.4) is 0 Å². The number of guanidine groups is 1. The molecule has 2 N–H and O–H groups in total. The molecule has 0 saturated carbocycles. The summed E-state index contributed by atoms with van der Waals surface area (Å²) in [6, 6.07) is 8.91. The van der Waals surface area contributed by atoms with Gasteiger partial charge in [0.15, 0.2) is 11.7 Å². The maximum absolute atomic E-state index is 12.5. The van der Waals surface area contributed by atoms with E-state index >= 15 is 0 Å². The molecule has 1 aromatic carbocycles. The van der Waals surface area contributed by atoms with E-state index in [1.807, 2.05) is 31.2 Å². The number of hydrogen-bond acceptors (Lipinski definition) is 5. The number of ketones is 1. The fourth-order valence-electron chi connectivity index (χ4n) is 3.07. The van der Waals surface area contributed by atoms with Crippen LogP contribution in [0.4, 0.5) is 5.82 Å². The molecule has 0 fully saturated rings. The third-order valence-corrected chi connectivity index (χ3v) is 4.74. The smallest absolute Gasteiger partial charge is 0.252 e. The molecule has 3 rings (SSSR count). The van der Waals surface area contributed by atoms with Crippen LogP contribution < -0.4 is 5.73 Å². The highest BCUT2D eigenvalue weighted by atomic mass is 16.2. The summed E-state index contributed by atoms with van der Waals surface area (Å²) >= 11 is 0. The van der Waals surface area contributed by atoms with Crippen molar-refractivity contribution < 1.29 is 9.59 Å². The summed E-state index contributed by atoms with van der Waals surface area (Å²) in [7, 11) is 3.23. The molecule has 8 nitrogen and oxygen atoms in total. The van der Waals surface area contributed by atoms with Gasteiger partial charge in [0.25, 0.3) is 5.82 Å². The summed E-state index contributed by atoms with van der Waals surface area (Å²) in [5.74, 6) is 0.210. The van der Waals surface area contributed by atoms with Gasteiger partial charge in [0.1, 0.15) is 5.69 Å². The number of aryl methyl sites for hydroxylation is 1. The molecule has 0 spiro atoms. The van der Waals surface area contributed by atoms with Gasteiger partial charge >= 0.3 is 0 Å². The van der Waals surface area contributed by atoms with Crippen LogP contribution in [0, 0.1) is 6.57 Å². The number of aliphatic imine (C=N–C) groups is 1. The Morgan fingerprint density at radius 3 is 2.74 bits per heavy atom. The van der Waals surface area contributed by atoms with E-state index in [-0.39, 0.29) is 36.2 Å². The minimum atomic E-state index is -0.769. The number of Topliss-reactive ketones (excluding diaryl/α,β-unsaturated/α-hetero) is 1. The van der Waals surface area contributed by atoms with E-state index in [9.17, 15) is 9.59 Å². The molecule has 0 saturated heterocycles. The van der Waals surface area contributed by atoms with E-state index in [2.05, 4.69) is 14.9 Å². The van der Waals surface area contributed by atoms with Crippen LogP contribution in [0.5, 0.6) is 0 Å². The molecule has 2 heterocycles. The lowest BCUT2D eigenvalue weighted by Gasteiger charge is -2.33. The second kappa shape index (κ2) is 6.68. The van der Waals surface area contributed by atoms with Gasteiger partial charge in [-0.05, 0) is 24.1 Å². The van der Waals surface area contributed by atoms with Gasteiger partial charge in [-0.15, -0.1) is 0 Å². The Morgan fingerprint density at radius 1 is 1.37 bits per heavy atom. The Labute approximate surface area is 157 Å². The van der Waals surface area contributed by atoms with Crippen molar-refractivity contribution in [2.75, 3.05) is 7.05 Å². The molecule has 8 heteroatoms. The monoisotopic (exact) mass is 364 g/mol. The number of rotatable bonds is 4. The van der Waals surface area contributed by atoms with Gasteiger partial charge < -0.3 is 10.6 Å². The normalized spacial score (nSPS) is 19.6. The minimum Gasteiger partial charge on any atom is -0.369 e. The molecule has 1 aromatic heterocycles. The van der Waals surface area contributed by atoms with Crippen molar-refractivity contribution in [3.8, 4) is 0 Å². The molecule has 27 heavy (non-hydrogen) atoms. The highest BCUT2D eigenvalue weighted by Gasteiger charge is 2.36. The zero-order chi connectivity index (χ0) is 19.8. The largest absolute Gasteiger partial charge is 0.369 e. The van der Waals surface area contributed by atoms with Crippen molar-refractivity contribution in [3.05, 3.63) is 58.6 Å². The van der Waals surface area contributed by atoms with E-state index in [1.165, 1.54) is 15.6 Å². The average Bonchev–Trinajstić information content (AvgIpc) is 3.01. The summed E-state index contributed by atoms with van der Waals surface area (Å²) in [6.07, 6.45) is 0.349. The summed E-state index contributed by atoms with van der Waals surface area (Å²) in [6.45, 7) is 8.92. The van der Waals surface area contributed by atoms with Crippen molar-refractivity contribution in [1.29, 1.82) is 0 Å². The SMILES string of the molecule is [C-]#[N+]c1cc(C(=O)Cc2cccc(C3(C)CC(=O)N(C)C(N)=N3)c2)nn1C. The molecule has 1 atom stereocenters. The average molecular weight is 364 g/mol. The third kappa shape index (κ3) is 3.44. The van der Waals surface area contributed by atoms with Gasteiger partial charge in [0.2, 0.25) is 5.91 Å². The number of amides is 1. The molecule has 1 unspecified atom stereocenters. The van der Waals surface area contributed by atoms with E-state index in [0.717, 1.165) is 11.1 Å². The Bertz CT molecular complexity index is 1000. The first-order valence-corrected chi connectivity index (χ1v) is 8.39. The maximum atomic E-state index is 12.5. The lowest BCUT2D eigenvalue weighted by atomic mass is 9.86. The van der Waals surface area contributed by atoms with Crippen molar-refractivity contribution in [3.63, 3.8) is 0 Å². The minimum absolute atomic E-state index is 0.105. The predicted octanol–water partition coefficient (Wildman–Crippen LogP) is 1.79. The van der Waals surface area contributed by atoms with E-state index in [0.29, 0.717) is 5.82 Å². The van der Waals surface area contributed by atoms with E-state index in [4.69, 9.17) is 12.3 Å². The molecule has 2 aromatic rings. The summed E-state index contributed by atoms with van der Waals surface area (Å²) in [5, 5.41) is 4.10. The second-order valence-corrected chi connectivity index (χ2v) is 6.80. The molecular formula is C19H20N6O2. The number of carbonyl (C=O) groups is 2. The highest BCUT2D eigenvalue weighted by molar-refractivity contribution is 5.99. The summed E-state index contributed by atoms with van der Waals surface area (Å²) < 4.78 is 1.39. The predicted molar refractivity (Wildman–Crippen MR) is 100 cm³/mol. The van der Waals surface area contributed by atoms with Crippen LogP contribution in [-0.2, 0) is 23.8 Å². The quantitative estimate of drug-likeness (QED) is 0.660. The fraction of sp³-hybridized carbons (Fsp3) is 0.316. The van der Waals surface area contributed by atoms with Crippen LogP contribution in [0.1, 0.15) is 35.0 Å². The third-order valence-electron chi connectivity index (χ3n) is 4.74. The lowest BCUT2D eigenvalue weighted by Crippen LogP contribution is -2.47. The van der Waals surface area contributed by atoms with Crippen molar-refractivity contribution in [2.45, 2.75) is 25.3 Å². The van der Waals surface area contributed by atoms with Crippen LogP contribution in [0.15, 0.2) is 35.3 Å². The van der Waals surface area contributed by atoms with Gasteiger partial charge in [-0.3, -0.25) is 14.5 Å². The van der Waals surface area contributed by atoms with Crippen molar-refractivity contribution in [2.24, 2.45) is 17.8 Å². The first-order valence-electron chi connectivity index (χ1n) is 8.39. The molecule has 1 amide bonds. The molecular weight excluding hydrogens is 344 g/mol. The van der Waals surface area contributed by atoms with Gasteiger partial charge in [0.05, 0.1) is 19.0 Å². The maximum Gasteiger partial charge on any atom is 0.252 e. The standard InChI is InChI=1S/C19H20N6O2/c1-19(11-17(27)24(3)18(20)22-19)13-7-5-6-12(8-13)9-15(26)14-10-16(21-2)25(4)23-14/h5-8,10H,9,11H2,1,3-4H3,(H2,20,22). The fourth-order valence-corrected chi connectivity index (χ4v) is 3.07. The van der Waals surface area contributed by atoms with E-state index < -0.39 is 5.54 Å². The molecule has 0 radical (unpaired) electrons. The van der Waals surface area contributed by atoms with Gasteiger partial charge in [-0.2, -0.15) is 0 Å². The molecule has 0 aliphatic carbocycles. The number of carbonyl (C=O) groups excluding carboxylic acids is 2. The summed E-state index contributed by atoms with van der Waals surface area (Å²) in [5.41, 5.74) is 6.97. The summed E-state index contributed by atoms with van der Waals surface area (Å²) in [4.78, 5) is 33.8. The molecule has 0 bridgehead atoms. The zero-order valence-corrected chi connectivity index (χ0v) is 15.4. The Morgan fingerprint density at radius 2 is 2.11 bits per heavy atom. The van der Waals surface area contributed by atoms with Gasteiger partial charge in [0, 0.05) is 13.5 Å². The van der Waals surface area contributed by atoms with Crippen LogP contribution in [0.25, 0.3) is 4.85 Å². The Balaban J connectivity index is 1.87. The molecule has 1 aliphatic rings. The zero-order valence-electron chi connectivity index (χ0n) is 15.4. The number of hydrogen-bond donors (Lipinski definition) is 1. The first-order chi connectivity index (χ1) is 12.7. The van der Waals surface area contributed by atoms with Crippen molar-refractivity contribution >= 4 is 23.5 Å². The molecule has 1 aliphatic heterocycles. The number of benzene rings is 1. The Hall–Kier alpha value is -3.47. The highest BCUT2D eigenvalue weighted by Crippen LogP contribution is 2.33. The molecule has 138 valence electrons. The van der Waals surface area contributed by atoms with Gasteiger partial charge in [-0.25, -0.2) is 9.67 Å². The van der Waals surface area contributed by atoms with E-state index in [1.54, 1.807) is 14.1 Å². The van der Waals surface area contributed by atoms with Crippen LogP contribution in [0.2, 0.25) is 0 Å². The topological polar surface area (TPSA) is 97.9 Å². The lowest BCUT2D eigenvalue weighted by molar-refractivity contribution is -0.128. The number of nitrogens with zero attached hydrogens (tertiary/aromatic N) is 5. The van der Waals surface area contributed by atoms with Crippen LogP contribution >= 0.6 is 0 Å². The Kier molecular flexibility index (Phi) is 4.54. The second-order valence-electron chi connectivity index (χ2n) is 6.80. The first kappa shape index (κ1) is 18.3. The number of aromatic nitrogens is 2. The number of nitrogens with two attached hydrogens (primary N) is 1. The van der Waals surface area contributed by atoms with Crippen LogP contribution in [-0.4, -0.2) is 39.4 Å². The van der Waals surface area contributed by atoms with Crippen molar-refractivity contribution in [1.82, 2.24) is 14.7 Å². The van der Waals surface area contributed by atoms with Gasteiger partial charge in [-0.1, -0.05) is 35.9 Å².